The zero-order chi connectivity index (χ0) is 12.9. The maximum atomic E-state index is 5.89. The van der Waals surface area contributed by atoms with E-state index in [1.165, 1.54) is 0 Å². The molecule has 0 aromatic carbocycles. The number of hydrogen-bond acceptors (Lipinski definition) is 3. The smallest absolute Gasteiger partial charge is 0.0704 e. The molecule has 0 amide bonds. The van der Waals surface area contributed by atoms with Crippen molar-refractivity contribution >= 4 is 0 Å². The molecule has 1 fully saturated rings. The van der Waals surface area contributed by atoms with Crippen molar-refractivity contribution in [3.05, 3.63) is 0 Å². The molecule has 0 bridgehead atoms. The number of ether oxygens (including phenoxy) is 2. The lowest BCUT2D eigenvalue weighted by molar-refractivity contribution is -0.127. The minimum atomic E-state index is 0.258. The number of rotatable bonds is 8. The summed E-state index contributed by atoms with van der Waals surface area (Å²) in [7, 11) is 0. The summed E-state index contributed by atoms with van der Waals surface area (Å²) < 4.78 is 11.4. The molecule has 0 spiro atoms. The molecule has 1 N–H and O–H groups in total. The van der Waals surface area contributed by atoms with Crippen LogP contribution in [0.5, 0.6) is 0 Å². The SMILES string of the molecule is CCNC1CC(OCCOCC(C)C)C1(C)C. The molecular weight excluding hydrogens is 214 g/mol. The molecule has 0 saturated heterocycles. The lowest BCUT2D eigenvalue weighted by atomic mass is 9.64. The molecule has 1 aliphatic rings. The molecule has 1 aliphatic carbocycles. The van der Waals surface area contributed by atoms with E-state index in [0.29, 0.717) is 18.1 Å². The van der Waals surface area contributed by atoms with Gasteiger partial charge in [-0.25, -0.2) is 0 Å². The molecule has 102 valence electrons. The lowest BCUT2D eigenvalue weighted by Gasteiger charge is -2.52. The zero-order valence-corrected chi connectivity index (χ0v) is 12.1. The van der Waals surface area contributed by atoms with Crippen molar-refractivity contribution in [3.63, 3.8) is 0 Å². The molecular formula is C14H29NO2. The van der Waals surface area contributed by atoms with Crippen LogP contribution >= 0.6 is 0 Å². The van der Waals surface area contributed by atoms with E-state index in [-0.39, 0.29) is 5.41 Å². The molecule has 2 atom stereocenters. The highest BCUT2D eigenvalue weighted by atomic mass is 16.5. The van der Waals surface area contributed by atoms with Gasteiger partial charge in [0.05, 0.1) is 19.3 Å². The van der Waals surface area contributed by atoms with Crippen LogP contribution in [-0.2, 0) is 9.47 Å². The van der Waals surface area contributed by atoms with Gasteiger partial charge in [-0.05, 0) is 18.9 Å². The van der Waals surface area contributed by atoms with Crippen LogP contribution in [0.3, 0.4) is 0 Å². The highest BCUT2D eigenvalue weighted by Gasteiger charge is 2.48. The average Bonchev–Trinajstić information content (AvgIpc) is 2.25. The van der Waals surface area contributed by atoms with E-state index in [1.807, 2.05) is 0 Å². The fraction of sp³-hybridized carbons (Fsp3) is 1.00. The van der Waals surface area contributed by atoms with Gasteiger partial charge in [0.2, 0.25) is 0 Å². The zero-order valence-electron chi connectivity index (χ0n) is 12.1. The second kappa shape index (κ2) is 6.72. The van der Waals surface area contributed by atoms with Gasteiger partial charge in [-0.2, -0.15) is 0 Å². The molecule has 3 nitrogen and oxygen atoms in total. The van der Waals surface area contributed by atoms with Crippen LogP contribution in [0, 0.1) is 11.3 Å². The third kappa shape index (κ3) is 4.23. The van der Waals surface area contributed by atoms with Crippen molar-refractivity contribution in [1.82, 2.24) is 5.32 Å². The van der Waals surface area contributed by atoms with E-state index in [4.69, 9.17) is 9.47 Å². The molecule has 0 heterocycles. The Morgan fingerprint density at radius 3 is 2.53 bits per heavy atom. The summed E-state index contributed by atoms with van der Waals surface area (Å²) in [6.45, 7) is 14.4. The molecule has 0 radical (unpaired) electrons. The minimum absolute atomic E-state index is 0.258. The van der Waals surface area contributed by atoms with Crippen molar-refractivity contribution in [2.45, 2.75) is 53.2 Å². The molecule has 0 aromatic rings. The van der Waals surface area contributed by atoms with Crippen LogP contribution in [0.2, 0.25) is 0 Å². The normalized spacial score (nSPS) is 27.2. The number of hydrogen-bond donors (Lipinski definition) is 1. The fourth-order valence-corrected chi connectivity index (χ4v) is 2.33. The molecule has 1 rings (SSSR count). The maximum Gasteiger partial charge on any atom is 0.0704 e. The highest BCUT2D eigenvalue weighted by Crippen LogP contribution is 2.42. The first kappa shape index (κ1) is 14.9. The van der Waals surface area contributed by atoms with Crippen LogP contribution < -0.4 is 5.32 Å². The fourth-order valence-electron chi connectivity index (χ4n) is 2.33. The van der Waals surface area contributed by atoms with E-state index >= 15 is 0 Å². The van der Waals surface area contributed by atoms with Crippen LogP contribution in [0.1, 0.15) is 41.0 Å². The van der Waals surface area contributed by atoms with Gasteiger partial charge in [0.15, 0.2) is 0 Å². The van der Waals surface area contributed by atoms with Gasteiger partial charge < -0.3 is 14.8 Å². The molecule has 2 unspecified atom stereocenters. The second-order valence-electron chi connectivity index (χ2n) is 6.00. The van der Waals surface area contributed by atoms with Gasteiger partial charge in [-0.3, -0.25) is 0 Å². The van der Waals surface area contributed by atoms with Crippen molar-refractivity contribution in [2.75, 3.05) is 26.4 Å². The summed E-state index contributed by atoms with van der Waals surface area (Å²) in [5.74, 6) is 0.605. The van der Waals surface area contributed by atoms with E-state index in [2.05, 4.69) is 39.9 Å². The number of nitrogens with one attached hydrogen (secondary N) is 1. The first-order chi connectivity index (χ1) is 7.98. The van der Waals surface area contributed by atoms with Gasteiger partial charge in [-0.15, -0.1) is 0 Å². The van der Waals surface area contributed by atoms with Gasteiger partial charge in [-0.1, -0.05) is 34.6 Å². The molecule has 1 saturated carbocycles. The van der Waals surface area contributed by atoms with Crippen molar-refractivity contribution in [1.29, 1.82) is 0 Å². The maximum absolute atomic E-state index is 5.89. The van der Waals surface area contributed by atoms with E-state index < -0.39 is 0 Å². The quantitative estimate of drug-likeness (QED) is 0.664. The summed E-state index contributed by atoms with van der Waals surface area (Å²) in [4.78, 5) is 0. The lowest BCUT2D eigenvalue weighted by Crippen LogP contribution is -2.61. The Morgan fingerprint density at radius 2 is 2.00 bits per heavy atom. The van der Waals surface area contributed by atoms with E-state index in [1.54, 1.807) is 0 Å². The van der Waals surface area contributed by atoms with E-state index in [0.717, 1.165) is 32.8 Å². The van der Waals surface area contributed by atoms with Gasteiger partial charge in [0, 0.05) is 18.1 Å². The van der Waals surface area contributed by atoms with Crippen molar-refractivity contribution < 1.29 is 9.47 Å². The van der Waals surface area contributed by atoms with Crippen LogP contribution in [0.15, 0.2) is 0 Å². The summed E-state index contributed by atoms with van der Waals surface area (Å²) in [6, 6.07) is 0.606. The Labute approximate surface area is 106 Å². The van der Waals surface area contributed by atoms with Crippen molar-refractivity contribution in [2.24, 2.45) is 11.3 Å². The Hall–Kier alpha value is -0.120. The summed E-state index contributed by atoms with van der Waals surface area (Å²) in [5.41, 5.74) is 0.258. The summed E-state index contributed by atoms with van der Waals surface area (Å²) in [6.07, 6.45) is 1.51. The third-order valence-electron chi connectivity index (χ3n) is 3.63. The Bertz CT molecular complexity index is 216. The highest BCUT2D eigenvalue weighted by molar-refractivity contribution is 5.02. The molecule has 0 aromatic heterocycles. The van der Waals surface area contributed by atoms with Crippen LogP contribution in [0.25, 0.3) is 0 Å². The Balaban J connectivity index is 2.09. The van der Waals surface area contributed by atoms with E-state index in [9.17, 15) is 0 Å². The standard InChI is InChI=1S/C14H29NO2/c1-6-15-12-9-13(14(12,4)5)17-8-7-16-10-11(2)3/h11-13,15H,6-10H2,1-5H3. The largest absolute Gasteiger partial charge is 0.379 e. The van der Waals surface area contributed by atoms with Gasteiger partial charge >= 0.3 is 0 Å². The minimum Gasteiger partial charge on any atom is -0.379 e. The first-order valence-electron chi connectivity index (χ1n) is 6.91. The summed E-state index contributed by atoms with van der Waals surface area (Å²) in [5, 5.41) is 3.51. The molecule has 0 aliphatic heterocycles. The first-order valence-corrected chi connectivity index (χ1v) is 6.91. The Kier molecular flexibility index (Phi) is 5.90. The molecule has 3 heteroatoms. The van der Waals surface area contributed by atoms with Gasteiger partial charge in [0.1, 0.15) is 0 Å². The monoisotopic (exact) mass is 243 g/mol. The Morgan fingerprint density at radius 1 is 1.29 bits per heavy atom. The van der Waals surface area contributed by atoms with Gasteiger partial charge in [0.25, 0.3) is 0 Å². The third-order valence-corrected chi connectivity index (χ3v) is 3.63. The summed E-state index contributed by atoms with van der Waals surface area (Å²) >= 11 is 0. The van der Waals surface area contributed by atoms with Crippen LogP contribution in [0.4, 0.5) is 0 Å². The van der Waals surface area contributed by atoms with Crippen LogP contribution in [-0.4, -0.2) is 38.5 Å². The predicted octanol–water partition coefficient (Wildman–Crippen LogP) is 2.45. The second-order valence-corrected chi connectivity index (χ2v) is 6.00. The van der Waals surface area contributed by atoms with Crippen molar-refractivity contribution in [3.8, 4) is 0 Å². The average molecular weight is 243 g/mol. The molecule has 17 heavy (non-hydrogen) atoms. The predicted molar refractivity (Wildman–Crippen MR) is 71.3 cm³/mol. The topological polar surface area (TPSA) is 30.5 Å².